The minimum Gasteiger partial charge on any atom is -0.478 e. The van der Waals surface area contributed by atoms with Crippen LogP contribution in [0.1, 0.15) is 113 Å². The molecule has 5 aliphatic carbocycles. The Kier molecular flexibility index (Phi) is 17.3. The molecule has 0 bridgehead atoms. The van der Waals surface area contributed by atoms with Crippen molar-refractivity contribution in [1.29, 1.82) is 0 Å². The van der Waals surface area contributed by atoms with E-state index in [0.717, 1.165) is 11.1 Å². The van der Waals surface area contributed by atoms with Crippen molar-refractivity contribution in [2.24, 2.45) is 28.6 Å². The Balaban J connectivity index is 0.000000145. The average molecular weight is 1210 g/mol. The molecular formula is C69H80ClNO16. The first kappa shape index (κ1) is 62.5. The van der Waals surface area contributed by atoms with Crippen molar-refractivity contribution in [1.82, 2.24) is 5.32 Å². The smallest absolute Gasteiger partial charge is 0.347 e. The van der Waals surface area contributed by atoms with E-state index in [-0.39, 0.29) is 44.1 Å². The van der Waals surface area contributed by atoms with Crippen LogP contribution in [-0.2, 0) is 36.6 Å². The molecule has 13 rings (SSSR count). The number of carboxylic acid groups (broad SMARTS) is 1. The van der Waals surface area contributed by atoms with E-state index >= 15 is 0 Å². The average Bonchev–Trinajstić information content (AvgIpc) is 1.67. The Morgan fingerprint density at radius 3 is 2.24 bits per heavy atom. The van der Waals surface area contributed by atoms with Crippen LogP contribution in [-0.4, -0.2) is 149 Å². The maximum atomic E-state index is 12.4. The number of halogens is 1. The molecule has 0 aromatic heterocycles. The van der Waals surface area contributed by atoms with Gasteiger partial charge in [0.05, 0.1) is 47.6 Å². The van der Waals surface area contributed by atoms with Crippen LogP contribution in [0.2, 0.25) is 5.02 Å². The molecule has 1 unspecified atom stereocenters. The highest BCUT2D eigenvalue weighted by Gasteiger charge is 2.75. The number of carbonyl (C=O) groups excluding carboxylic acids is 2. The molecule has 1 saturated heterocycles. The van der Waals surface area contributed by atoms with E-state index < -0.39 is 107 Å². The van der Waals surface area contributed by atoms with Crippen LogP contribution < -0.4 is 10.1 Å². The zero-order valence-electron chi connectivity index (χ0n) is 49.6. The number of ether oxygens (including phenoxy) is 4. The molecule has 7 aliphatic rings. The van der Waals surface area contributed by atoms with E-state index in [0.29, 0.717) is 54.5 Å². The van der Waals surface area contributed by atoms with Gasteiger partial charge in [0.15, 0.2) is 11.9 Å². The van der Waals surface area contributed by atoms with Gasteiger partial charge in [-0.3, -0.25) is 4.79 Å². The minimum atomic E-state index is -1.67. The first-order chi connectivity index (χ1) is 41.3. The van der Waals surface area contributed by atoms with Crippen molar-refractivity contribution in [3.05, 3.63) is 148 Å². The molecular weight excluding hydrogens is 1130 g/mol. The van der Waals surface area contributed by atoms with Crippen molar-refractivity contribution in [2.75, 3.05) is 19.8 Å². The molecule has 2 aliphatic heterocycles. The number of aliphatic carboxylic acids is 1. The second-order valence-electron chi connectivity index (χ2n) is 26.2. The van der Waals surface area contributed by atoms with E-state index in [2.05, 4.69) is 72.9 Å². The fourth-order valence-corrected chi connectivity index (χ4v) is 16.5. The lowest BCUT2D eigenvalue weighted by atomic mass is 9.40. The number of amides is 1. The molecule has 1 amide bonds. The molecule has 5 fully saturated rings. The predicted molar refractivity (Wildman–Crippen MR) is 326 cm³/mol. The largest absolute Gasteiger partial charge is 0.478 e. The summed E-state index contributed by atoms with van der Waals surface area (Å²) in [5.74, 6) is -2.00. The summed E-state index contributed by atoms with van der Waals surface area (Å²) in [5.41, 5.74) is -1.10. The van der Waals surface area contributed by atoms with Gasteiger partial charge < -0.3 is 70.2 Å². The molecule has 10 N–H and O–H groups in total. The van der Waals surface area contributed by atoms with Gasteiger partial charge in [-0.15, -0.1) is 0 Å². The molecule has 0 spiro atoms. The van der Waals surface area contributed by atoms with Crippen molar-refractivity contribution in [3.63, 3.8) is 0 Å². The van der Waals surface area contributed by atoms with Gasteiger partial charge in [-0.2, -0.15) is 0 Å². The van der Waals surface area contributed by atoms with Crippen LogP contribution in [0.5, 0.6) is 5.75 Å². The van der Waals surface area contributed by atoms with Crippen LogP contribution >= 0.6 is 11.6 Å². The van der Waals surface area contributed by atoms with E-state index in [4.69, 9.17) is 35.7 Å². The lowest BCUT2D eigenvalue weighted by Gasteiger charge is -2.68. The summed E-state index contributed by atoms with van der Waals surface area (Å²) in [6, 6.07) is 36.3. The van der Waals surface area contributed by atoms with E-state index in [1.54, 1.807) is 42.0 Å². The number of nitrogens with one attached hydrogen (secondary N) is 1. The maximum Gasteiger partial charge on any atom is 0.347 e. The number of fused-ring (bicyclic) bond motifs is 9. The first-order valence-electron chi connectivity index (χ1n) is 30.4. The highest BCUT2D eigenvalue weighted by molar-refractivity contribution is 6.30. The topological polar surface area (TPSA) is 282 Å². The summed E-state index contributed by atoms with van der Waals surface area (Å²) in [7, 11) is 0. The Bertz CT molecular complexity index is 3600. The number of hydrogen-bond acceptors (Lipinski definition) is 15. The van der Waals surface area contributed by atoms with Crippen LogP contribution in [0, 0.1) is 28.6 Å². The second kappa shape index (κ2) is 24.0. The zero-order valence-corrected chi connectivity index (χ0v) is 50.4. The SMILES string of the molecule is CC(C)(Oc1ccc(CCNC(=O)c2ccc(Cl)cc2)cc1)C(=O)O.CC1Cc2cccc3cc4c(ccc5ccccc54)c1c23.C[C@@H]1O[C@@H](O[C@H]2C[C@@H](O)[C@]3(CO)[C@H]4[C@H](O)C[C@]5(C)[C@@H](C6=CC(=O)OC6)CC[C@]5(O)[C@@H]4CC[C@]3(O)C2)[C@H](O)[C@H](O)[C@H]1O. The van der Waals surface area contributed by atoms with Gasteiger partial charge in [-0.25, -0.2) is 9.59 Å². The molecule has 6 aromatic carbocycles. The molecule has 2 heterocycles. The zero-order chi connectivity index (χ0) is 62.1. The van der Waals surface area contributed by atoms with Gasteiger partial charge in [-0.1, -0.05) is 92.2 Å². The van der Waals surface area contributed by atoms with Crippen molar-refractivity contribution in [3.8, 4) is 5.75 Å². The maximum absolute atomic E-state index is 12.4. The molecule has 0 radical (unpaired) electrons. The number of rotatable bonds is 11. The van der Waals surface area contributed by atoms with Crippen molar-refractivity contribution >= 4 is 61.8 Å². The number of cyclic esters (lactones) is 1. The van der Waals surface area contributed by atoms with Crippen LogP contribution in [0.4, 0.5) is 0 Å². The Morgan fingerprint density at radius 1 is 0.816 bits per heavy atom. The standard InChI is InChI=1S/C29H44O12.C21H16.C19H20ClNO4/c1-13-22(34)23(35)24(36)25(40-13)41-15-8-19(32)28(12-30)21-17(3-5-27(28,37)9-15)29(38)6-4-16(14-7-20(33)39-11-14)26(29,2)10-18(21)31;1-13-11-15-6-4-7-16-12-19-17-8-3-2-5-14(17)9-10-18(19)20(13)21(15)16;1-19(2,18(23)24)25-16-9-3-13(4-10-16)11-12-21-17(22)14-5-7-15(20)8-6-14/h7,13,15-19,21-25,30-32,34-38H,3-6,8-12H2,1-2H3;2-10,12-13H,11H2,1H3;3-10H,11-12H2,1-2H3,(H,21,22)(H,23,24)/t13-,15-,16+,17+,18+,19+,21+,22-,23+,24+,25-,26+,27-,28+,29-;;/m0../s1. The third-order valence-corrected chi connectivity index (χ3v) is 21.1. The van der Waals surface area contributed by atoms with Gasteiger partial charge in [0.2, 0.25) is 0 Å². The molecule has 464 valence electrons. The summed E-state index contributed by atoms with van der Waals surface area (Å²) in [5, 5.41) is 111. The van der Waals surface area contributed by atoms with Gasteiger partial charge >= 0.3 is 11.9 Å². The summed E-state index contributed by atoms with van der Waals surface area (Å²) in [6.45, 7) is 8.85. The number of aliphatic hydroxyl groups is 8. The van der Waals surface area contributed by atoms with Gasteiger partial charge in [0.1, 0.15) is 30.7 Å². The number of hydrogen-bond donors (Lipinski definition) is 10. The summed E-state index contributed by atoms with van der Waals surface area (Å²) in [4.78, 5) is 34.9. The van der Waals surface area contributed by atoms with Gasteiger partial charge in [-0.05, 0) is 181 Å². The Morgan fingerprint density at radius 2 is 1.54 bits per heavy atom. The summed E-state index contributed by atoms with van der Waals surface area (Å²) < 4.78 is 22.1. The number of carboxylic acids is 1. The van der Waals surface area contributed by atoms with Crippen molar-refractivity contribution < 1.29 is 79.3 Å². The fraction of sp³-hybridized carbons (Fsp3) is 0.493. The highest BCUT2D eigenvalue weighted by Crippen LogP contribution is 2.71. The lowest BCUT2D eigenvalue weighted by molar-refractivity contribution is -0.342. The monoisotopic (exact) mass is 1210 g/mol. The normalized spacial score (nSPS) is 34.1. The first-order valence-corrected chi connectivity index (χ1v) is 30.8. The number of benzene rings is 6. The van der Waals surface area contributed by atoms with Crippen LogP contribution in [0.15, 0.2) is 121 Å². The molecule has 87 heavy (non-hydrogen) atoms. The second-order valence-corrected chi connectivity index (χ2v) is 26.6. The van der Waals surface area contributed by atoms with E-state index in [1.807, 2.05) is 19.1 Å². The molecule has 18 heteroatoms. The number of esters is 1. The Labute approximate surface area is 510 Å². The lowest BCUT2D eigenvalue weighted by Crippen LogP contribution is -2.76. The summed E-state index contributed by atoms with van der Waals surface area (Å²) in [6.07, 6.45) is -4.85. The predicted octanol–water partition coefficient (Wildman–Crippen LogP) is 7.85. The van der Waals surface area contributed by atoms with Crippen LogP contribution in [0.25, 0.3) is 32.3 Å². The quantitative estimate of drug-likeness (QED) is 0.0256. The minimum absolute atomic E-state index is 0.0369. The van der Waals surface area contributed by atoms with Crippen LogP contribution in [0.3, 0.4) is 0 Å². The van der Waals surface area contributed by atoms with E-state index in [9.17, 15) is 55.2 Å². The Hall–Kier alpha value is -6.06. The molecule has 6 aromatic rings. The van der Waals surface area contributed by atoms with E-state index in [1.165, 1.54) is 71.1 Å². The van der Waals surface area contributed by atoms with Gasteiger partial charge in [0.25, 0.3) is 5.91 Å². The highest BCUT2D eigenvalue weighted by atomic mass is 35.5. The van der Waals surface area contributed by atoms with Crippen molar-refractivity contribution in [2.45, 2.75) is 164 Å². The number of aliphatic hydroxyl groups excluding tert-OH is 6. The molecule has 16 atom stereocenters. The number of carbonyl (C=O) groups is 3. The third kappa shape index (κ3) is 11.1. The summed E-state index contributed by atoms with van der Waals surface area (Å²) >= 11 is 5.80. The molecule has 4 saturated carbocycles. The molecule has 17 nitrogen and oxygen atoms in total. The third-order valence-electron chi connectivity index (χ3n) is 20.8. The fourth-order valence-electron chi connectivity index (χ4n) is 16.3. The van der Waals surface area contributed by atoms with Gasteiger partial charge in [0, 0.05) is 47.4 Å².